The number of hydrogen-bond acceptors (Lipinski definition) is 5. The minimum Gasteiger partial charge on any atom is -0.394 e. The highest BCUT2D eigenvalue weighted by atomic mass is 16.5. The standard InChI is InChI=1S/C35H51N3O5/c1-8-14-25(6)37(20-10-3)33(42)30-35-18-17-34(7,43-35)28(29(35)32(41)38(30)27(23-39)21-24(4)5)31(40)36(19-9-2)22-26-15-12-11-13-16-26/h9-13,15-16,24-25,27-30,39H,2-3,8,14,17-23H2,1,4-7H3/t25?,27-,28-,29+,30?,34+,35?/m1/s1. The number of nitrogens with zero attached hydrogens (tertiary/aromatic N) is 3. The Hall–Kier alpha value is -2.97. The summed E-state index contributed by atoms with van der Waals surface area (Å²) in [6.45, 7) is 18.7. The third-order valence-electron chi connectivity index (χ3n) is 9.79. The molecule has 2 bridgehead atoms. The van der Waals surface area contributed by atoms with Gasteiger partial charge in [-0.15, -0.1) is 13.2 Å². The summed E-state index contributed by atoms with van der Waals surface area (Å²) in [6, 6.07) is 8.21. The van der Waals surface area contributed by atoms with Crippen LogP contribution in [-0.4, -0.2) is 86.6 Å². The van der Waals surface area contributed by atoms with Crippen LogP contribution in [0.25, 0.3) is 0 Å². The van der Waals surface area contributed by atoms with Gasteiger partial charge in [0.15, 0.2) is 0 Å². The minimum absolute atomic E-state index is 0.0684. The lowest BCUT2D eigenvalue weighted by atomic mass is 9.66. The Bertz CT molecular complexity index is 1190. The molecule has 43 heavy (non-hydrogen) atoms. The van der Waals surface area contributed by atoms with Crippen LogP contribution in [0.3, 0.4) is 0 Å². The van der Waals surface area contributed by atoms with E-state index in [4.69, 9.17) is 4.74 Å². The fourth-order valence-corrected chi connectivity index (χ4v) is 7.98. The maximum atomic E-state index is 14.7. The van der Waals surface area contributed by atoms with Crippen molar-refractivity contribution in [2.45, 2.75) is 103 Å². The Balaban J connectivity index is 1.81. The van der Waals surface area contributed by atoms with E-state index >= 15 is 0 Å². The van der Waals surface area contributed by atoms with Gasteiger partial charge in [0.05, 0.1) is 30.1 Å². The number of carbonyl (C=O) groups excluding carboxylic acids is 3. The Morgan fingerprint density at radius 1 is 1.12 bits per heavy atom. The van der Waals surface area contributed by atoms with Gasteiger partial charge in [-0.2, -0.15) is 0 Å². The van der Waals surface area contributed by atoms with E-state index in [0.717, 1.165) is 18.4 Å². The fraction of sp³-hybridized carbons (Fsp3) is 0.629. The summed E-state index contributed by atoms with van der Waals surface area (Å²) in [5, 5.41) is 10.6. The van der Waals surface area contributed by atoms with E-state index < -0.39 is 35.1 Å². The number of aliphatic hydroxyl groups excluding tert-OH is 1. The van der Waals surface area contributed by atoms with Crippen LogP contribution >= 0.6 is 0 Å². The van der Waals surface area contributed by atoms with E-state index in [-0.39, 0.29) is 36.3 Å². The third-order valence-corrected chi connectivity index (χ3v) is 9.79. The van der Waals surface area contributed by atoms with Crippen LogP contribution in [0.1, 0.15) is 72.3 Å². The summed E-state index contributed by atoms with van der Waals surface area (Å²) in [5.74, 6) is -2.00. The maximum Gasteiger partial charge on any atom is 0.248 e. The molecule has 3 fully saturated rings. The fourth-order valence-electron chi connectivity index (χ4n) is 7.98. The largest absolute Gasteiger partial charge is 0.394 e. The van der Waals surface area contributed by atoms with Crippen LogP contribution < -0.4 is 0 Å². The van der Waals surface area contributed by atoms with Crippen molar-refractivity contribution in [1.82, 2.24) is 14.7 Å². The summed E-state index contributed by atoms with van der Waals surface area (Å²) in [6.07, 6.45) is 6.74. The summed E-state index contributed by atoms with van der Waals surface area (Å²) < 4.78 is 6.89. The lowest BCUT2D eigenvalue weighted by Gasteiger charge is -2.41. The van der Waals surface area contributed by atoms with E-state index in [1.807, 2.05) is 58.0 Å². The molecule has 3 heterocycles. The molecule has 1 N–H and O–H groups in total. The zero-order valence-electron chi connectivity index (χ0n) is 26.7. The first-order chi connectivity index (χ1) is 20.5. The number of ether oxygens (including phenoxy) is 1. The third kappa shape index (κ3) is 5.93. The first-order valence-electron chi connectivity index (χ1n) is 16.0. The van der Waals surface area contributed by atoms with Gasteiger partial charge in [0.25, 0.3) is 0 Å². The minimum atomic E-state index is -1.15. The zero-order chi connectivity index (χ0) is 31.5. The molecule has 3 unspecified atom stereocenters. The van der Waals surface area contributed by atoms with Gasteiger partial charge in [-0.05, 0) is 51.0 Å². The molecule has 1 aromatic rings. The van der Waals surface area contributed by atoms with Crippen molar-refractivity contribution in [3.05, 3.63) is 61.2 Å². The molecule has 0 aliphatic carbocycles. The van der Waals surface area contributed by atoms with Gasteiger partial charge in [0, 0.05) is 25.7 Å². The number of carbonyl (C=O) groups is 3. The van der Waals surface area contributed by atoms with Gasteiger partial charge >= 0.3 is 0 Å². The van der Waals surface area contributed by atoms with E-state index in [2.05, 4.69) is 20.1 Å². The lowest BCUT2D eigenvalue weighted by Crippen LogP contribution is -2.60. The normalized spacial score (nSPS) is 29.0. The number of amides is 3. The Kier molecular flexibility index (Phi) is 10.2. The highest BCUT2D eigenvalue weighted by Crippen LogP contribution is 2.64. The summed E-state index contributed by atoms with van der Waals surface area (Å²) in [7, 11) is 0. The van der Waals surface area contributed by atoms with Crippen LogP contribution in [0.4, 0.5) is 0 Å². The molecular weight excluding hydrogens is 542 g/mol. The number of likely N-dealkylation sites (tertiary alicyclic amines) is 1. The zero-order valence-corrected chi connectivity index (χ0v) is 26.7. The predicted octanol–water partition coefficient (Wildman–Crippen LogP) is 4.58. The summed E-state index contributed by atoms with van der Waals surface area (Å²) >= 11 is 0. The highest BCUT2D eigenvalue weighted by molar-refractivity contribution is 5.99. The number of aliphatic hydroxyl groups is 1. The molecule has 0 saturated carbocycles. The lowest BCUT2D eigenvalue weighted by molar-refractivity contribution is -0.158. The number of hydrogen-bond donors (Lipinski definition) is 1. The molecule has 7 atom stereocenters. The van der Waals surface area contributed by atoms with Gasteiger partial charge in [0.1, 0.15) is 11.6 Å². The molecule has 3 saturated heterocycles. The van der Waals surface area contributed by atoms with Crippen LogP contribution in [0.15, 0.2) is 55.6 Å². The van der Waals surface area contributed by atoms with Crippen molar-refractivity contribution in [2.24, 2.45) is 17.8 Å². The molecule has 1 spiro atoms. The molecule has 0 radical (unpaired) electrons. The molecule has 8 nitrogen and oxygen atoms in total. The van der Waals surface area contributed by atoms with Crippen LogP contribution in [0.2, 0.25) is 0 Å². The summed E-state index contributed by atoms with van der Waals surface area (Å²) in [4.78, 5) is 49.1. The number of rotatable bonds is 15. The van der Waals surface area contributed by atoms with Gasteiger partial charge < -0.3 is 24.5 Å². The van der Waals surface area contributed by atoms with Gasteiger partial charge in [-0.1, -0.05) is 69.7 Å². The van der Waals surface area contributed by atoms with Gasteiger partial charge in [-0.3, -0.25) is 14.4 Å². The van der Waals surface area contributed by atoms with Crippen LogP contribution in [-0.2, 0) is 25.7 Å². The molecule has 0 aromatic heterocycles. The number of fused-ring (bicyclic) bond motifs is 1. The smallest absolute Gasteiger partial charge is 0.248 e. The molecule has 236 valence electrons. The Morgan fingerprint density at radius 3 is 2.37 bits per heavy atom. The van der Waals surface area contributed by atoms with Gasteiger partial charge in [-0.25, -0.2) is 0 Å². The molecule has 3 aliphatic rings. The number of benzene rings is 1. The predicted molar refractivity (Wildman–Crippen MR) is 168 cm³/mol. The maximum absolute atomic E-state index is 14.7. The molecule has 8 heteroatoms. The SMILES string of the molecule is C=CCN(Cc1ccccc1)C(=O)[C@H]1[C@H]2C(=O)N([C@@H](CO)CC(C)C)C(C(=O)N(CC=C)C(C)CCC)C23CC[C@]1(C)O3. The topological polar surface area (TPSA) is 90.4 Å². The van der Waals surface area contributed by atoms with E-state index in [9.17, 15) is 19.5 Å². The molecule has 1 aromatic carbocycles. The van der Waals surface area contributed by atoms with Crippen molar-refractivity contribution in [3.63, 3.8) is 0 Å². The second-order valence-corrected chi connectivity index (χ2v) is 13.3. The second kappa shape index (κ2) is 13.3. The molecule has 3 amide bonds. The van der Waals surface area contributed by atoms with Gasteiger partial charge in [0.2, 0.25) is 17.7 Å². The Labute approximate surface area is 257 Å². The molecule has 4 rings (SSSR count). The van der Waals surface area contributed by atoms with Crippen molar-refractivity contribution < 1.29 is 24.2 Å². The molecule has 3 aliphatic heterocycles. The Morgan fingerprint density at radius 2 is 1.79 bits per heavy atom. The average molecular weight is 594 g/mol. The van der Waals surface area contributed by atoms with Crippen LogP contribution in [0.5, 0.6) is 0 Å². The van der Waals surface area contributed by atoms with Crippen molar-refractivity contribution >= 4 is 17.7 Å². The van der Waals surface area contributed by atoms with Crippen molar-refractivity contribution in [3.8, 4) is 0 Å². The van der Waals surface area contributed by atoms with Crippen molar-refractivity contribution in [1.29, 1.82) is 0 Å². The monoisotopic (exact) mass is 593 g/mol. The molecular formula is C35H51N3O5. The van der Waals surface area contributed by atoms with Crippen LogP contribution in [0, 0.1) is 17.8 Å². The highest BCUT2D eigenvalue weighted by Gasteiger charge is 2.79. The van der Waals surface area contributed by atoms with Crippen molar-refractivity contribution in [2.75, 3.05) is 19.7 Å². The average Bonchev–Trinajstić information content (AvgIpc) is 3.54. The van der Waals surface area contributed by atoms with E-state index in [1.165, 1.54) is 0 Å². The first-order valence-corrected chi connectivity index (χ1v) is 16.0. The summed E-state index contributed by atoms with van der Waals surface area (Å²) in [5.41, 5.74) is -1.05. The quantitative estimate of drug-likeness (QED) is 0.301. The van der Waals surface area contributed by atoms with E-state index in [1.54, 1.807) is 26.9 Å². The first kappa shape index (κ1) is 32.9. The second-order valence-electron chi connectivity index (χ2n) is 13.3. The van der Waals surface area contributed by atoms with E-state index in [0.29, 0.717) is 38.9 Å².